The molecule has 0 bridgehead atoms. The first-order valence-corrected chi connectivity index (χ1v) is 15.7. The zero-order valence-corrected chi connectivity index (χ0v) is 25.5. The molecule has 2 aromatic rings. The van der Waals surface area contributed by atoms with E-state index in [0.717, 1.165) is 18.4 Å². The van der Waals surface area contributed by atoms with Crippen molar-refractivity contribution in [1.29, 1.82) is 0 Å². The predicted molar refractivity (Wildman–Crippen MR) is 164 cm³/mol. The van der Waals surface area contributed by atoms with Gasteiger partial charge in [-0.05, 0) is 75.4 Å². The van der Waals surface area contributed by atoms with E-state index < -0.39 is 40.6 Å². The van der Waals surface area contributed by atoms with Crippen molar-refractivity contribution >= 4 is 11.8 Å². The maximum absolute atomic E-state index is 15.7. The lowest BCUT2D eigenvalue weighted by Gasteiger charge is -2.31. The molecule has 44 heavy (non-hydrogen) atoms. The summed E-state index contributed by atoms with van der Waals surface area (Å²) in [5.74, 6) is -1.28. The van der Waals surface area contributed by atoms with E-state index in [0.29, 0.717) is 41.4 Å². The first kappa shape index (κ1) is 32.2. The first-order valence-electron chi connectivity index (χ1n) is 14.8. The summed E-state index contributed by atoms with van der Waals surface area (Å²) in [7, 11) is 1.32. The zero-order chi connectivity index (χ0) is 31.6. The van der Waals surface area contributed by atoms with Gasteiger partial charge in [-0.3, -0.25) is 9.36 Å². The number of nitrogens with two attached hydrogens (primary N) is 1. The van der Waals surface area contributed by atoms with Crippen LogP contribution in [0.1, 0.15) is 49.3 Å². The quantitative estimate of drug-likeness (QED) is 0.213. The van der Waals surface area contributed by atoms with E-state index in [4.69, 9.17) is 10.5 Å². The third kappa shape index (κ3) is 6.19. The molecule has 2 heterocycles. The van der Waals surface area contributed by atoms with Crippen molar-refractivity contribution in [2.45, 2.75) is 68.7 Å². The summed E-state index contributed by atoms with van der Waals surface area (Å²) in [5.41, 5.74) is 5.77. The Kier molecular flexibility index (Phi) is 9.86. The summed E-state index contributed by atoms with van der Waals surface area (Å²) in [6.07, 6.45) is 4.09. The Bertz CT molecular complexity index is 1610. The number of pyridine rings is 1. The van der Waals surface area contributed by atoms with Crippen LogP contribution < -0.4 is 21.3 Å². The average molecular weight is 634 g/mol. The molecule has 5 nitrogen and oxygen atoms in total. The smallest absolute Gasteiger partial charge is 0.413 e. The Morgan fingerprint density at radius 2 is 2.00 bits per heavy atom. The molecular weight excluding hydrogens is 597 g/mol. The minimum absolute atomic E-state index is 0.0174. The van der Waals surface area contributed by atoms with Gasteiger partial charge in [0.25, 0.3) is 5.56 Å². The van der Waals surface area contributed by atoms with Crippen LogP contribution in [0.25, 0.3) is 11.1 Å². The second-order valence-electron chi connectivity index (χ2n) is 11.2. The number of thioether (sulfide) groups is 1. The summed E-state index contributed by atoms with van der Waals surface area (Å²) in [4.78, 5) is 14.5. The summed E-state index contributed by atoms with van der Waals surface area (Å²) < 4.78 is 80.0. The minimum Gasteiger partial charge on any atom is -0.494 e. The van der Waals surface area contributed by atoms with E-state index in [1.807, 2.05) is 12.2 Å². The molecule has 2 aliphatic carbocycles. The molecule has 0 fully saturated rings. The number of alkyl halides is 3. The molecule has 236 valence electrons. The van der Waals surface area contributed by atoms with Crippen molar-refractivity contribution in [3.8, 4) is 16.9 Å². The molecule has 1 aliphatic heterocycles. The van der Waals surface area contributed by atoms with Gasteiger partial charge in [0.05, 0.1) is 29.8 Å². The van der Waals surface area contributed by atoms with E-state index >= 15 is 8.78 Å². The Hall–Kier alpha value is -3.15. The number of aromatic nitrogens is 1. The van der Waals surface area contributed by atoms with Crippen molar-refractivity contribution < 1.29 is 26.7 Å². The molecule has 0 saturated carbocycles. The van der Waals surface area contributed by atoms with Gasteiger partial charge in [-0.15, -0.1) is 11.8 Å². The highest BCUT2D eigenvalue weighted by Gasteiger charge is 2.40. The van der Waals surface area contributed by atoms with Gasteiger partial charge in [0.2, 0.25) is 0 Å². The van der Waals surface area contributed by atoms with Gasteiger partial charge in [-0.2, -0.15) is 13.2 Å². The van der Waals surface area contributed by atoms with E-state index in [1.54, 1.807) is 17.6 Å². The third-order valence-electron chi connectivity index (χ3n) is 8.55. The number of halogens is 5. The topological polar surface area (TPSA) is 69.3 Å². The fourth-order valence-corrected chi connectivity index (χ4v) is 7.78. The Balaban J connectivity index is 1.76. The van der Waals surface area contributed by atoms with Crippen LogP contribution in [0.5, 0.6) is 5.75 Å². The van der Waals surface area contributed by atoms with Crippen LogP contribution in [0, 0.1) is 12.7 Å². The second-order valence-corrected chi connectivity index (χ2v) is 12.2. The largest absolute Gasteiger partial charge is 0.494 e. The van der Waals surface area contributed by atoms with Gasteiger partial charge in [-0.1, -0.05) is 35.9 Å². The van der Waals surface area contributed by atoms with Crippen molar-refractivity contribution in [2.75, 3.05) is 26.0 Å². The Labute approximate surface area is 257 Å². The number of ether oxygens (including phenoxy) is 1. The lowest BCUT2D eigenvalue weighted by Crippen LogP contribution is -2.43. The van der Waals surface area contributed by atoms with E-state index in [2.05, 4.69) is 11.4 Å². The Morgan fingerprint density at radius 1 is 1.20 bits per heavy atom. The molecule has 3 aliphatic rings. The zero-order valence-electron chi connectivity index (χ0n) is 24.7. The number of nitrogens with one attached hydrogen (secondary N) is 1. The molecule has 2 atom stereocenters. The number of allylic oxidation sites excluding steroid dienone is 7. The number of hydrogen-bond donors (Lipinski definition) is 2. The van der Waals surface area contributed by atoms with Gasteiger partial charge in [0, 0.05) is 28.9 Å². The van der Waals surface area contributed by atoms with Gasteiger partial charge >= 0.3 is 6.18 Å². The van der Waals surface area contributed by atoms with Crippen molar-refractivity contribution in [2.24, 2.45) is 5.73 Å². The van der Waals surface area contributed by atoms with Crippen LogP contribution in [0.3, 0.4) is 0 Å². The molecule has 1 aromatic heterocycles. The summed E-state index contributed by atoms with van der Waals surface area (Å²) in [6.45, 7) is 2.68. The molecule has 3 N–H and O–H groups in total. The van der Waals surface area contributed by atoms with Gasteiger partial charge in [0.15, 0.2) is 11.6 Å². The van der Waals surface area contributed by atoms with Crippen molar-refractivity contribution in [3.05, 3.63) is 92.3 Å². The maximum Gasteiger partial charge on any atom is 0.413 e. The molecule has 5 rings (SSSR count). The summed E-state index contributed by atoms with van der Waals surface area (Å²) in [6, 6.07) is 3.76. The lowest BCUT2D eigenvalue weighted by molar-refractivity contribution is -0.0951. The number of rotatable bonds is 10. The first-order chi connectivity index (χ1) is 21.1. The second kappa shape index (κ2) is 13.5. The lowest BCUT2D eigenvalue weighted by atomic mass is 9.88. The molecule has 0 saturated heterocycles. The van der Waals surface area contributed by atoms with Crippen LogP contribution in [0.15, 0.2) is 74.9 Å². The number of fused-ring (bicyclic) bond motifs is 1. The molecule has 0 radical (unpaired) electrons. The van der Waals surface area contributed by atoms with Crippen LogP contribution in [0.2, 0.25) is 0 Å². The Morgan fingerprint density at radius 3 is 2.68 bits per heavy atom. The normalized spacial score (nSPS) is 19.1. The molecule has 0 spiro atoms. The van der Waals surface area contributed by atoms with Crippen molar-refractivity contribution in [1.82, 2.24) is 9.88 Å². The number of hydrogen-bond acceptors (Lipinski definition) is 5. The SMILES string of the molecule is COc1cccc(-c2c(C)c(CC3=C(C(F)(F)F)CCC=C3F)c3n(c2=O)C(C(NCCCN)C2=CC=CCC2)CS3)c1F. The monoisotopic (exact) mass is 633 g/mol. The molecular formula is C33H36F5N3O2S. The molecule has 2 unspecified atom stereocenters. The number of nitrogens with zero attached hydrogens (tertiary/aromatic N) is 1. The van der Waals surface area contributed by atoms with Gasteiger partial charge in [0.1, 0.15) is 5.83 Å². The molecule has 11 heteroatoms. The maximum atomic E-state index is 15.7. The summed E-state index contributed by atoms with van der Waals surface area (Å²) in [5, 5.41) is 4.04. The number of methoxy groups -OCH3 is 1. The minimum atomic E-state index is -4.71. The highest BCUT2D eigenvalue weighted by Crippen LogP contribution is 2.45. The van der Waals surface area contributed by atoms with Crippen LogP contribution in [-0.2, 0) is 6.42 Å². The van der Waals surface area contributed by atoms with E-state index in [1.165, 1.54) is 37.1 Å². The average Bonchev–Trinajstić information content (AvgIpc) is 3.44. The summed E-state index contributed by atoms with van der Waals surface area (Å²) >= 11 is 1.37. The predicted octanol–water partition coefficient (Wildman–Crippen LogP) is 7.25. The van der Waals surface area contributed by atoms with E-state index in [9.17, 15) is 18.0 Å². The fourth-order valence-electron chi connectivity index (χ4n) is 6.36. The third-order valence-corrected chi connectivity index (χ3v) is 9.78. The van der Waals surface area contributed by atoms with Crippen molar-refractivity contribution in [3.63, 3.8) is 0 Å². The van der Waals surface area contributed by atoms with Crippen LogP contribution >= 0.6 is 11.8 Å². The molecule has 0 amide bonds. The van der Waals surface area contributed by atoms with Gasteiger partial charge in [-0.25, -0.2) is 8.78 Å². The standard InChI is InChI=1S/C33H36F5N3O2S/c1-19-22(17-23-24(33(36,37)38)12-7-13-25(23)34)32-41(31(42)28(19)21-11-6-14-27(43-2)29(21)35)26(18-44-32)30(40-16-8-15-39)20-9-4-3-5-10-20/h3-4,6,9,11,13-14,26,30,40H,5,7-8,10,12,15-18,39H2,1-2H3. The molecule has 1 aromatic carbocycles. The van der Waals surface area contributed by atoms with Gasteiger partial charge < -0.3 is 15.8 Å². The van der Waals surface area contributed by atoms with Crippen LogP contribution in [0.4, 0.5) is 22.0 Å². The highest BCUT2D eigenvalue weighted by atomic mass is 32.2. The fraction of sp³-hybridized carbons (Fsp3) is 0.424. The highest BCUT2D eigenvalue weighted by molar-refractivity contribution is 7.99. The van der Waals surface area contributed by atoms with Crippen LogP contribution in [-0.4, -0.2) is 42.7 Å². The van der Waals surface area contributed by atoms with E-state index in [-0.39, 0.29) is 42.2 Å². The number of benzene rings is 1.